The maximum Gasteiger partial charge on any atom is 0.253 e. The van der Waals surface area contributed by atoms with E-state index in [4.69, 9.17) is 21.8 Å². The van der Waals surface area contributed by atoms with Crippen LogP contribution in [0.4, 0.5) is 0 Å². The van der Waals surface area contributed by atoms with Crippen LogP contribution in [-0.2, 0) is 0 Å². The number of hydrogen-bond donors (Lipinski definition) is 1. The molecule has 1 aromatic heterocycles. The molecule has 1 saturated carbocycles. The van der Waals surface area contributed by atoms with Crippen LogP contribution in [0.25, 0.3) is 22.6 Å². The molecule has 6 heteroatoms. The molecule has 1 aliphatic rings. The lowest BCUT2D eigenvalue weighted by Gasteiger charge is -2.24. The highest BCUT2D eigenvalue weighted by Crippen LogP contribution is 2.27. The Hall–Kier alpha value is -2.37. The molecule has 1 heterocycles. The van der Waals surface area contributed by atoms with Gasteiger partial charge >= 0.3 is 0 Å². The van der Waals surface area contributed by atoms with Crippen LogP contribution in [0.3, 0.4) is 0 Å². The Morgan fingerprint density at radius 3 is 2.69 bits per heavy atom. The zero-order chi connectivity index (χ0) is 18.3. The molecule has 1 amide bonds. The molecule has 3 aromatic rings. The van der Waals surface area contributed by atoms with E-state index >= 15 is 0 Å². The topological polar surface area (TPSA) is 72.4 Å². The van der Waals surface area contributed by atoms with Gasteiger partial charge in [0.1, 0.15) is 5.52 Å². The van der Waals surface area contributed by atoms with Crippen molar-refractivity contribution >= 4 is 28.6 Å². The number of amides is 1. The summed E-state index contributed by atoms with van der Waals surface area (Å²) in [6.45, 7) is 0. The maximum absolute atomic E-state index is 12.7. The molecule has 2 N–H and O–H groups in total. The number of hydrogen-bond acceptors (Lipinski definition) is 4. The molecule has 4 rings (SSSR count). The van der Waals surface area contributed by atoms with Crippen LogP contribution < -0.4 is 5.73 Å². The van der Waals surface area contributed by atoms with Gasteiger partial charge in [-0.1, -0.05) is 11.6 Å². The van der Waals surface area contributed by atoms with Crippen molar-refractivity contribution in [1.29, 1.82) is 0 Å². The number of benzene rings is 2. The Morgan fingerprint density at radius 2 is 2.00 bits per heavy atom. The highest BCUT2D eigenvalue weighted by molar-refractivity contribution is 6.31. The predicted molar refractivity (Wildman–Crippen MR) is 102 cm³/mol. The number of fused-ring (bicyclic) bond motifs is 1. The van der Waals surface area contributed by atoms with Crippen molar-refractivity contribution in [3.05, 3.63) is 53.1 Å². The van der Waals surface area contributed by atoms with E-state index in [1.54, 1.807) is 18.2 Å². The summed E-state index contributed by atoms with van der Waals surface area (Å²) in [4.78, 5) is 19.0. The van der Waals surface area contributed by atoms with E-state index in [0.717, 1.165) is 24.8 Å². The first-order valence-corrected chi connectivity index (χ1v) is 9.08. The highest BCUT2D eigenvalue weighted by atomic mass is 35.5. The van der Waals surface area contributed by atoms with Crippen molar-refractivity contribution in [3.63, 3.8) is 0 Å². The third-order valence-corrected chi connectivity index (χ3v) is 5.28. The van der Waals surface area contributed by atoms with Gasteiger partial charge in [-0.15, -0.1) is 0 Å². The summed E-state index contributed by atoms with van der Waals surface area (Å²) in [5, 5.41) is 0.618. The summed E-state index contributed by atoms with van der Waals surface area (Å²) in [7, 11) is 1.85. The Bertz CT molecular complexity index is 951. The standard InChI is InChI=1S/C20H20ClN3O2/c1-24(16-8-7-15(22)11-16)20(25)13-4-2-12(3-5-13)19-23-17-10-14(21)6-9-18(17)26-19/h2-6,9-10,15-16H,7-8,11,22H2,1H3/t15-,16+/m0/s1. The monoisotopic (exact) mass is 369 g/mol. The summed E-state index contributed by atoms with van der Waals surface area (Å²) < 4.78 is 5.77. The quantitative estimate of drug-likeness (QED) is 0.754. The van der Waals surface area contributed by atoms with Crippen molar-refractivity contribution < 1.29 is 9.21 Å². The largest absolute Gasteiger partial charge is 0.436 e. The molecular weight excluding hydrogens is 350 g/mol. The molecule has 0 bridgehead atoms. The minimum atomic E-state index is 0.0139. The Kier molecular flexibility index (Phi) is 4.42. The van der Waals surface area contributed by atoms with Crippen molar-refractivity contribution in [3.8, 4) is 11.5 Å². The smallest absolute Gasteiger partial charge is 0.253 e. The van der Waals surface area contributed by atoms with Crippen molar-refractivity contribution in [1.82, 2.24) is 9.88 Å². The molecule has 5 nitrogen and oxygen atoms in total. The summed E-state index contributed by atoms with van der Waals surface area (Å²) in [5.74, 6) is 0.524. The number of halogens is 1. The van der Waals surface area contributed by atoms with Gasteiger partial charge in [-0.25, -0.2) is 4.98 Å². The Morgan fingerprint density at radius 1 is 1.23 bits per heavy atom. The van der Waals surface area contributed by atoms with Gasteiger partial charge in [-0.05, 0) is 61.7 Å². The van der Waals surface area contributed by atoms with E-state index in [2.05, 4.69) is 4.98 Å². The summed E-state index contributed by atoms with van der Waals surface area (Å²) in [6.07, 6.45) is 2.81. The zero-order valence-corrected chi connectivity index (χ0v) is 15.2. The minimum absolute atomic E-state index is 0.0139. The van der Waals surface area contributed by atoms with Crippen molar-refractivity contribution in [2.75, 3.05) is 7.05 Å². The second-order valence-electron chi connectivity index (χ2n) is 6.85. The second-order valence-corrected chi connectivity index (χ2v) is 7.29. The Balaban J connectivity index is 1.54. The van der Waals surface area contributed by atoms with Crippen LogP contribution in [0.5, 0.6) is 0 Å². The van der Waals surface area contributed by atoms with E-state index in [-0.39, 0.29) is 18.0 Å². The first kappa shape index (κ1) is 17.1. The van der Waals surface area contributed by atoms with E-state index < -0.39 is 0 Å². The predicted octanol–water partition coefficient (Wildman–Crippen LogP) is 4.10. The van der Waals surface area contributed by atoms with Gasteiger partial charge in [0.2, 0.25) is 5.89 Å². The van der Waals surface area contributed by atoms with Gasteiger partial charge in [0.25, 0.3) is 5.91 Å². The lowest BCUT2D eigenvalue weighted by atomic mass is 10.1. The molecule has 0 spiro atoms. The molecule has 0 saturated heterocycles. The molecule has 1 aliphatic carbocycles. The lowest BCUT2D eigenvalue weighted by molar-refractivity contribution is 0.0734. The fourth-order valence-corrected chi connectivity index (χ4v) is 3.66. The van der Waals surface area contributed by atoms with Crippen LogP contribution in [-0.4, -0.2) is 34.9 Å². The maximum atomic E-state index is 12.7. The highest BCUT2D eigenvalue weighted by Gasteiger charge is 2.28. The number of aromatic nitrogens is 1. The number of carbonyl (C=O) groups is 1. The summed E-state index contributed by atoms with van der Waals surface area (Å²) in [6, 6.07) is 13.1. The van der Waals surface area contributed by atoms with Crippen LogP contribution in [0.15, 0.2) is 46.9 Å². The number of nitrogens with zero attached hydrogens (tertiary/aromatic N) is 2. The van der Waals surface area contributed by atoms with Gasteiger partial charge in [-0.2, -0.15) is 0 Å². The number of carbonyl (C=O) groups excluding carboxylic acids is 1. The van der Waals surface area contributed by atoms with Gasteiger partial charge in [-0.3, -0.25) is 4.79 Å². The van der Waals surface area contributed by atoms with Crippen LogP contribution >= 0.6 is 11.6 Å². The van der Waals surface area contributed by atoms with Crippen LogP contribution in [0.2, 0.25) is 5.02 Å². The normalized spacial score (nSPS) is 19.8. The SMILES string of the molecule is CN(C(=O)c1ccc(-c2nc3cc(Cl)ccc3o2)cc1)[C@@H]1CC[C@H](N)C1. The average Bonchev–Trinajstić information content (AvgIpc) is 3.26. The fraction of sp³-hybridized carbons (Fsp3) is 0.300. The van der Waals surface area contributed by atoms with Crippen molar-refractivity contribution in [2.45, 2.75) is 31.3 Å². The molecule has 0 unspecified atom stereocenters. The van der Waals surface area contributed by atoms with Gasteiger partial charge in [0, 0.05) is 35.3 Å². The molecular formula is C20H20ClN3O2. The van der Waals surface area contributed by atoms with E-state index in [9.17, 15) is 4.79 Å². The first-order valence-electron chi connectivity index (χ1n) is 8.70. The van der Waals surface area contributed by atoms with Crippen LogP contribution in [0, 0.1) is 0 Å². The molecule has 1 fully saturated rings. The van der Waals surface area contributed by atoms with Crippen LogP contribution in [0.1, 0.15) is 29.6 Å². The molecule has 0 radical (unpaired) electrons. The van der Waals surface area contributed by atoms with Gasteiger partial charge < -0.3 is 15.1 Å². The third kappa shape index (κ3) is 3.20. The molecule has 2 atom stereocenters. The fourth-order valence-electron chi connectivity index (χ4n) is 3.49. The van der Waals surface area contributed by atoms with E-state index in [1.165, 1.54) is 0 Å². The lowest BCUT2D eigenvalue weighted by Crippen LogP contribution is -2.36. The number of rotatable bonds is 3. The Labute approximate surface area is 156 Å². The first-order chi connectivity index (χ1) is 12.5. The molecule has 26 heavy (non-hydrogen) atoms. The van der Waals surface area contributed by atoms with E-state index in [1.807, 2.05) is 36.2 Å². The van der Waals surface area contributed by atoms with E-state index in [0.29, 0.717) is 27.6 Å². The molecule has 134 valence electrons. The van der Waals surface area contributed by atoms with Gasteiger partial charge in [0.05, 0.1) is 0 Å². The summed E-state index contributed by atoms with van der Waals surface area (Å²) >= 11 is 5.99. The number of oxazole rings is 1. The van der Waals surface area contributed by atoms with Crippen molar-refractivity contribution in [2.24, 2.45) is 5.73 Å². The zero-order valence-electron chi connectivity index (χ0n) is 14.5. The number of nitrogens with two attached hydrogens (primary N) is 1. The summed E-state index contributed by atoms with van der Waals surface area (Å²) in [5.41, 5.74) is 8.83. The third-order valence-electron chi connectivity index (χ3n) is 5.04. The molecule has 0 aliphatic heterocycles. The minimum Gasteiger partial charge on any atom is -0.436 e. The average molecular weight is 370 g/mol. The molecule has 2 aromatic carbocycles. The second kappa shape index (κ2) is 6.74. The van der Waals surface area contributed by atoms with Gasteiger partial charge in [0.15, 0.2) is 5.58 Å².